The summed E-state index contributed by atoms with van der Waals surface area (Å²) in [5.41, 5.74) is 13.1. The van der Waals surface area contributed by atoms with Crippen LogP contribution in [0.15, 0.2) is 22.7 Å². The van der Waals surface area contributed by atoms with Gasteiger partial charge in [-0.2, -0.15) is 0 Å². The first-order chi connectivity index (χ1) is 8.45. The van der Waals surface area contributed by atoms with E-state index in [9.17, 15) is 4.79 Å². The number of rotatable bonds is 6. The summed E-state index contributed by atoms with van der Waals surface area (Å²) >= 11 is 3.49. The first-order valence-electron chi connectivity index (χ1n) is 5.96. The Balaban J connectivity index is 3.11. The molecule has 0 aromatic heterocycles. The van der Waals surface area contributed by atoms with Crippen molar-refractivity contribution in [2.45, 2.75) is 20.4 Å². The Morgan fingerprint density at radius 2 is 2.11 bits per heavy atom. The summed E-state index contributed by atoms with van der Waals surface area (Å²) in [6, 6.07) is 5.86. The summed E-state index contributed by atoms with van der Waals surface area (Å²) in [6.45, 7) is 5.61. The van der Waals surface area contributed by atoms with Gasteiger partial charge in [-0.05, 0) is 18.1 Å². The third-order valence-electron chi connectivity index (χ3n) is 2.57. The van der Waals surface area contributed by atoms with Gasteiger partial charge in [0.2, 0.25) is 5.91 Å². The smallest absolute Gasteiger partial charge is 0.236 e. The minimum absolute atomic E-state index is 0.210. The minimum atomic E-state index is -0.335. The molecule has 4 N–H and O–H groups in total. The van der Waals surface area contributed by atoms with E-state index in [1.54, 1.807) is 0 Å². The normalized spacial score (nSPS) is 10.7. The highest BCUT2D eigenvalue weighted by atomic mass is 79.9. The third-order valence-corrected chi connectivity index (χ3v) is 3.31. The molecule has 5 heteroatoms. The number of benzene rings is 1. The van der Waals surface area contributed by atoms with Crippen molar-refractivity contribution >= 4 is 27.5 Å². The summed E-state index contributed by atoms with van der Waals surface area (Å²) in [5, 5.41) is 0. The van der Waals surface area contributed by atoms with Crippen LogP contribution >= 0.6 is 15.9 Å². The van der Waals surface area contributed by atoms with Gasteiger partial charge in [0.05, 0.1) is 6.54 Å². The van der Waals surface area contributed by atoms with Gasteiger partial charge in [0, 0.05) is 28.8 Å². The Hall–Kier alpha value is -1.07. The van der Waals surface area contributed by atoms with Gasteiger partial charge in [-0.15, -0.1) is 0 Å². The standard InChI is InChI=1S/C13H20BrN3O/c1-9(2)7-17(8-13(16)18)12-5-3-4-11(14)10(12)6-15/h3-5,9H,6-8,15H2,1-2H3,(H2,16,18). The molecule has 1 amide bonds. The van der Waals surface area contributed by atoms with E-state index in [0.29, 0.717) is 12.5 Å². The van der Waals surface area contributed by atoms with Gasteiger partial charge in [-0.1, -0.05) is 35.8 Å². The van der Waals surface area contributed by atoms with Gasteiger partial charge in [0.25, 0.3) is 0 Å². The molecule has 18 heavy (non-hydrogen) atoms. The zero-order valence-electron chi connectivity index (χ0n) is 10.8. The molecular weight excluding hydrogens is 294 g/mol. The molecule has 4 nitrogen and oxygen atoms in total. The number of halogens is 1. The Morgan fingerprint density at radius 1 is 1.44 bits per heavy atom. The average Bonchev–Trinajstić information content (AvgIpc) is 2.26. The van der Waals surface area contributed by atoms with Crippen LogP contribution in [-0.2, 0) is 11.3 Å². The van der Waals surface area contributed by atoms with Crippen molar-refractivity contribution in [2.24, 2.45) is 17.4 Å². The fourth-order valence-electron chi connectivity index (χ4n) is 1.92. The number of hydrogen-bond donors (Lipinski definition) is 2. The van der Waals surface area contributed by atoms with Crippen molar-refractivity contribution in [2.75, 3.05) is 18.0 Å². The molecule has 0 bridgehead atoms. The van der Waals surface area contributed by atoms with E-state index in [1.807, 2.05) is 23.1 Å². The number of nitrogens with zero attached hydrogens (tertiary/aromatic N) is 1. The highest BCUT2D eigenvalue weighted by molar-refractivity contribution is 9.10. The molecule has 0 heterocycles. The van der Waals surface area contributed by atoms with Gasteiger partial charge in [-0.3, -0.25) is 4.79 Å². The molecule has 0 aliphatic heterocycles. The predicted molar refractivity (Wildman–Crippen MR) is 78.3 cm³/mol. The van der Waals surface area contributed by atoms with Crippen molar-refractivity contribution in [3.05, 3.63) is 28.2 Å². The number of hydrogen-bond acceptors (Lipinski definition) is 3. The number of anilines is 1. The summed E-state index contributed by atoms with van der Waals surface area (Å²) in [4.78, 5) is 13.2. The van der Waals surface area contributed by atoms with E-state index < -0.39 is 0 Å². The second-order valence-electron chi connectivity index (χ2n) is 4.68. The van der Waals surface area contributed by atoms with Crippen LogP contribution in [0.25, 0.3) is 0 Å². The van der Waals surface area contributed by atoms with Crippen LogP contribution in [0, 0.1) is 5.92 Å². The second-order valence-corrected chi connectivity index (χ2v) is 5.54. The van der Waals surface area contributed by atoms with Gasteiger partial charge in [0.15, 0.2) is 0 Å². The third kappa shape index (κ3) is 3.99. The van der Waals surface area contributed by atoms with Crippen LogP contribution < -0.4 is 16.4 Å². The van der Waals surface area contributed by atoms with Gasteiger partial charge in [0.1, 0.15) is 0 Å². The maximum Gasteiger partial charge on any atom is 0.236 e. The minimum Gasteiger partial charge on any atom is -0.368 e. The molecule has 0 aliphatic rings. The Kier molecular flexibility index (Phi) is 5.62. The topological polar surface area (TPSA) is 72.3 Å². The molecule has 0 spiro atoms. The van der Waals surface area contributed by atoms with Crippen molar-refractivity contribution in [3.8, 4) is 0 Å². The number of carbonyl (C=O) groups excluding carboxylic acids is 1. The lowest BCUT2D eigenvalue weighted by Crippen LogP contribution is -2.37. The molecular formula is C13H20BrN3O. The van der Waals surface area contributed by atoms with E-state index in [4.69, 9.17) is 11.5 Å². The van der Waals surface area contributed by atoms with E-state index in [1.165, 1.54) is 0 Å². The first-order valence-corrected chi connectivity index (χ1v) is 6.75. The van der Waals surface area contributed by atoms with E-state index in [2.05, 4.69) is 29.8 Å². The average molecular weight is 314 g/mol. The Labute approximate surface area is 116 Å². The summed E-state index contributed by atoms with van der Waals surface area (Å²) in [5.74, 6) is 0.104. The largest absolute Gasteiger partial charge is 0.368 e. The summed E-state index contributed by atoms with van der Waals surface area (Å²) in [6.07, 6.45) is 0. The van der Waals surface area contributed by atoms with Crippen LogP contribution in [0.5, 0.6) is 0 Å². The van der Waals surface area contributed by atoms with Gasteiger partial charge < -0.3 is 16.4 Å². The van der Waals surface area contributed by atoms with E-state index in [0.717, 1.165) is 22.3 Å². The fourth-order valence-corrected chi connectivity index (χ4v) is 2.44. The first kappa shape index (κ1) is 15.0. The number of nitrogens with two attached hydrogens (primary N) is 2. The van der Waals surface area contributed by atoms with Crippen LogP contribution in [0.1, 0.15) is 19.4 Å². The SMILES string of the molecule is CC(C)CN(CC(N)=O)c1cccc(Br)c1CN. The molecule has 0 saturated heterocycles. The molecule has 1 aromatic carbocycles. The lowest BCUT2D eigenvalue weighted by atomic mass is 10.1. The van der Waals surface area contributed by atoms with Crippen molar-refractivity contribution in [3.63, 3.8) is 0 Å². The molecule has 0 fully saturated rings. The molecule has 100 valence electrons. The van der Waals surface area contributed by atoms with Crippen LogP contribution in [0.2, 0.25) is 0 Å². The molecule has 0 aliphatic carbocycles. The Morgan fingerprint density at radius 3 is 2.61 bits per heavy atom. The Bertz CT molecular complexity index is 421. The maximum absolute atomic E-state index is 11.2. The van der Waals surface area contributed by atoms with Crippen LogP contribution in [0.3, 0.4) is 0 Å². The van der Waals surface area contributed by atoms with Crippen LogP contribution in [0.4, 0.5) is 5.69 Å². The van der Waals surface area contributed by atoms with E-state index >= 15 is 0 Å². The van der Waals surface area contributed by atoms with Crippen molar-refractivity contribution < 1.29 is 4.79 Å². The highest BCUT2D eigenvalue weighted by Crippen LogP contribution is 2.28. The zero-order valence-corrected chi connectivity index (χ0v) is 12.4. The van der Waals surface area contributed by atoms with Gasteiger partial charge in [-0.25, -0.2) is 0 Å². The molecule has 0 radical (unpaired) electrons. The lowest BCUT2D eigenvalue weighted by Gasteiger charge is -2.27. The molecule has 0 atom stereocenters. The molecule has 1 rings (SSSR count). The predicted octanol–water partition coefficient (Wildman–Crippen LogP) is 1.86. The quantitative estimate of drug-likeness (QED) is 0.842. The highest BCUT2D eigenvalue weighted by Gasteiger charge is 2.15. The monoisotopic (exact) mass is 313 g/mol. The summed E-state index contributed by atoms with van der Waals surface area (Å²) in [7, 11) is 0. The van der Waals surface area contributed by atoms with Crippen LogP contribution in [-0.4, -0.2) is 19.0 Å². The number of amides is 1. The van der Waals surface area contributed by atoms with Gasteiger partial charge >= 0.3 is 0 Å². The van der Waals surface area contributed by atoms with Crippen molar-refractivity contribution in [1.82, 2.24) is 0 Å². The molecule has 0 saturated carbocycles. The lowest BCUT2D eigenvalue weighted by molar-refractivity contribution is -0.116. The van der Waals surface area contributed by atoms with E-state index in [-0.39, 0.29) is 12.5 Å². The summed E-state index contributed by atoms with van der Waals surface area (Å²) < 4.78 is 0.959. The number of carbonyl (C=O) groups is 1. The zero-order chi connectivity index (χ0) is 13.7. The fraction of sp³-hybridized carbons (Fsp3) is 0.462. The number of primary amides is 1. The molecule has 0 unspecified atom stereocenters. The second kappa shape index (κ2) is 6.75. The molecule has 1 aromatic rings. The van der Waals surface area contributed by atoms with Crippen molar-refractivity contribution in [1.29, 1.82) is 0 Å². The maximum atomic E-state index is 11.2.